The molecule has 1 saturated heterocycles. The van der Waals surface area contributed by atoms with Gasteiger partial charge in [0.25, 0.3) is 0 Å². The van der Waals surface area contributed by atoms with Gasteiger partial charge in [-0.15, -0.1) is 0 Å². The van der Waals surface area contributed by atoms with Crippen LogP contribution >= 0.6 is 0 Å². The second-order valence-electron chi connectivity index (χ2n) is 5.52. The predicted octanol–water partition coefficient (Wildman–Crippen LogP) is 2.84. The Morgan fingerprint density at radius 3 is 2.29 bits per heavy atom. The standard InChI is InChI=1S/C17H28N2O2/c1-4-5-7-14(19-12-10-18-11-13-19)17-15(20-2)8-6-9-16(17)21-3/h6,8-9,14,18H,4-5,7,10-13H2,1-3H3/t14-/m1/s1. The maximum atomic E-state index is 5.62. The summed E-state index contributed by atoms with van der Waals surface area (Å²) in [7, 11) is 3.49. The van der Waals surface area contributed by atoms with Gasteiger partial charge < -0.3 is 14.8 Å². The summed E-state index contributed by atoms with van der Waals surface area (Å²) in [6.45, 7) is 6.51. The molecule has 21 heavy (non-hydrogen) atoms. The fraction of sp³-hybridized carbons (Fsp3) is 0.647. The van der Waals surface area contributed by atoms with Gasteiger partial charge in [-0.05, 0) is 18.6 Å². The molecule has 1 aromatic rings. The van der Waals surface area contributed by atoms with Gasteiger partial charge >= 0.3 is 0 Å². The highest BCUT2D eigenvalue weighted by Gasteiger charge is 2.27. The zero-order chi connectivity index (χ0) is 15.1. The molecule has 0 aliphatic carbocycles. The van der Waals surface area contributed by atoms with E-state index in [0.29, 0.717) is 6.04 Å². The van der Waals surface area contributed by atoms with E-state index in [0.717, 1.165) is 44.1 Å². The molecule has 4 heteroatoms. The Balaban J connectivity index is 2.34. The van der Waals surface area contributed by atoms with Crippen LogP contribution in [-0.4, -0.2) is 45.3 Å². The van der Waals surface area contributed by atoms with Crippen molar-refractivity contribution in [3.63, 3.8) is 0 Å². The molecule has 1 heterocycles. The third-order valence-corrected chi connectivity index (χ3v) is 4.22. The Bertz CT molecular complexity index is 409. The summed E-state index contributed by atoms with van der Waals surface area (Å²) >= 11 is 0. The average molecular weight is 292 g/mol. The molecule has 0 spiro atoms. The molecule has 1 atom stereocenters. The average Bonchev–Trinajstić information content (AvgIpc) is 2.56. The van der Waals surface area contributed by atoms with Crippen molar-refractivity contribution in [1.29, 1.82) is 0 Å². The Hall–Kier alpha value is -1.26. The Labute approximate surface area is 128 Å². The third-order valence-electron chi connectivity index (χ3n) is 4.22. The maximum absolute atomic E-state index is 5.62. The smallest absolute Gasteiger partial charge is 0.127 e. The molecule has 1 N–H and O–H groups in total. The monoisotopic (exact) mass is 292 g/mol. The number of benzene rings is 1. The summed E-state index contributed by atoms with van der Waals surface area (Å²) in [5.41, 5.74) is 1.21. The summed E-state index contributed by atoms with van der Waals surface area (Å²) < 4.78 is 11.2. The number of methoxy groups -OCH3 is 2. The first kappa shape index (κ1) is 16.1. The van der Waals surface area contributed by atoms with Crippen LogP contribution in [0.2, 0.25) is 0 Å². The molecule has 118 valence electrons. The van der Waals surface area contributed by atoms with Crippen LogP contribution in [0.4, 0.5) is 0 Å². The third kappa shape index (κ3) is 3.89. The first-order chi connectivity index (χ1) is 10.3. The normalized spacial score (nSPS) is 17.5. The molecule has 1 aliphatic rings. The van der Waals surface area contributed by atoms with E-state index in [1.54, 1.807) is 14.2 Å². The predicted molar refractivity (Wildman–Crippen MR) is 86.3 cm³/mol. The van der Waals surface area contributed by atoms with Gasteiger partial charge in [0.05, 0.1) is 19.8 Å². The highest BCUT2D eigenvalue weighted by atomic mass is 16.5. The van der Waals surface area contributed by atoms with Crippen molar-refractivity contribution in [2.24, 2.45) is 0 Å². The van der Waals surface area contributed by atoms with E-state index in [2.05, 4.69) is 17.1 Å². The summed E-state index contributed by atoms with van der Waals surface area (Å²) in [6.07, 6.45) is 3.57. The van der Waals surface area contributed by atoms with Gasteiger partial charge in [-0.1, -0.05) is 25.8 Å². The first-order valence-corrected chi connectivity index (χ1v) is 7.97. The Morgan fingerprint density at radius 1 is 1.14 bits per heavy atom. The summed E-state index contributed by atoms with van der Waals surface area (Å²) in [5.74, 6) is 1.88. The molecule has 0 aromatic heterocycles. The highest BCUT2D eigenvalue weighted by molar-refractivity contribution is 5.47. The summed E-state index contributed by atoms with van der Waals surface area (Å²) in [4.78, 5) is 2.56. The lowest BCUT2D eigenvalue weighted by Gasteiger charge is -2.36. The quantitative estimate of drug-likeness (QED) is 0.838. The second kappa shape index (κ2) is 8.25. The maximum Gasteiger partial charge on any atom is 0.127 e. The van der Waals surface area contributed by atoms with E-state index in [9.17, 15) is 0 Å². The van der Waals surface area contributed by atoms with Crippen molar-refractivity contribution in [2.75, 3.05) is 40.4 Å². The fourth-order valence-electron chi connectivity index (χ4n) is 3.11. The molecule has 4 nitrogen and oxygen atoms in total. The lowest BCUT2D eigenvalue weighted by molar-refractivity contribution is 0.157. The molecule has 0 saturated carbocycles. The SMILES string of the molecule is CCCC[C@H](c1c(OC)cccc1OC)N1CCNCC1. The lowest BCUT2D eigenvalue weighted by Crippen LogP contribution is -2.45. The molecule has 0 amide bonds. The molecule has 1 aliphatic heterocycles. The van der Waals surface area contributed by atoms with Crippen molar-refractivity contribution in [2.45, 2.75) is 32.2 Å². The van der Waals surface area contributed by atoms with Gasteiger partial charge in [0.15, 0.2) is 0 Å². The number of rotatable bonds is 7. The van der Waals surface area contributed by atoms with Crippen molar-refractivity contribution in [1.82, 2.24) is 10.2 Å². The van der Waals surface area contributed by atoms with Gasteiger partial charge in [-0.2, -0.15) is 0 Å². The molecule has 1 fully saturated rings. The minimum absolute atomic E-state index is 0.373. The van der Waals surface area contributed by atoms with Gasteiger partial charge in [-0.3, -0.25) is 4.90 Å². The van der Waals surface area contributed by atoms with Crippen LogP contribution in [0.15, 0.2) is 18.2 Å². The zero-order valence-corrected chi connectivity index (χ0v) is 13.5. The fourth-order valence-corrected chi connectivity index (χ4v) is 3.11. The van der Waals surface area contributed by atoms with Crippen LogP contribution in [0.25, 0.3) is 0 Å². The minimum atomic E-state index is 0.373. The molecular weight excluding hydrogens is 264 g/mol. The van der Waals surface area contributed by atoms with Crippen molar-refractivity contribution < 1.29 is 9.47 Å². The van der Waals surface area contributed by atoms with Crippen LogP contribution in [-0.2, 0) is 0 Å². The summed E-state index contributed by atoms with van der Waals surface area (Å²) in [6, 6.07) is 6.45. The number of nitrogens with zero attached hydrogens (tertiary/aromatic N) is 1. The Morgan fingerprint density at radius 2 is 1.76 bits per heavy atom. The van der Waals surface area contributed by atoms with Crippen LogP contribution in [0, 0.1) is 0 Å². The first-order valence-electron chi connectivity index (χ1n) is 7.97. The molecule has 2 rings (SSSR count). The van der Waals surface area contributed by atoms with Gasteiger partial charge in [0.1, 0.15) is 11.5 Å². The van der Waals surface area contributed by atoms with Crippen LogP contribution in [0.5, 0.6) is 11.5 Å². The largest absolute Gasteiger partial charge is 0.496 e. The van der Waals surface area contributed by atoms with Crippen LogP contribution < -0.4 is 14.8 Å². The lowest BCUT2D eigenvalue weighted by atomic mass is 9.96. The van der Waals surface area contributed by atoms with Gasteiger partial charge in [0.2, 0.25) is 0 Å². The molecule has 0 unspecified atom stereocenters. The topological polar surface area (TPSA) is 33.7 Å². The van der Waals surface area contributed by atoms with Crippen molar-refractivity contribution >= 4 is 0 Å². The second-order valence-corrected chi connectivity index (χ2v) is 5.52. The van der Waals surface area contributed by atoms with Gasteiger partial charge in [0, 0.05) is 32.2 Å². The molecular formula is C17H28N2O2. The van der Waals surface area contributed by atoms with E-state index >= 15 is 0 Å². The zero-order valence-electron chi connectivity index (χ0n) is 13.5. The number of nitrogens with one attached hydrogen (secondary N) is 1. The number of piperazine rings is 1. The van der Waals surface area contributed by atoms with E-state index < -0.39 is 0 Å². The number of unbranched alkanes of at least 4 members (excludes halogenated alkanes) is 1. The number of hydrogen-bond donors (Lipinski definition) is 1. The number of hydrogen-bond acceptors (Lipinski definition) is 4. The minimum Gasteiger partial charge on any atom is -0.496 e. The van der Waals surface area contributed by atoms with Crippen molar-refractivity contribution in [3.8, 4) is 11.5 Å². The molecule has 0 radical (unpaired) electrons. The van der Waals surface area contributed by atoms with Crippen LogP contribution in [0.1, 0.15) is 37.8 Å². The molecule has 1 aromatic carbocycles. The van der Waals surface area contributed by atoms with E-state index in [4.69, 9.17) is 9.47 Å². The van der Waals surface area contributed by atoms with Crippen molar-refractivity contribution in [3.05, 3.63) is 23.8 Å². The number of ether oxygens (including phenoxy) is 2. The van der Waals surface area contributed by atoms with E-state index in [1.807, 2.05) is 18.2 Å². The highest BCUT2D eigenvalue weighted by Crippen LogP contribution is 2.39. The van der Waals surface area contributed by atoms with Crippen LogP contribution in [0.3, 0.4) is 0 Å². The van der Waals surface area contributed by atoms with Gasteiger partial charge in [-0.25, -0.2) is 0 Å². The molecule has 0 bridgehead atoms. The van der Waals surface area contributed by atoms with E-state index in [1.165, 1.54) is 18.4 Å². The summed E-state index contributed by atoms with van der Waals surface area (Å²) in [5, 5.41) is 3.43. The Kier molecular flexibility index (Phi) is 6.33. The van der Waals surface area contributed by atoms with E-state index in [-0.39, 0.29) is 0 Å².